The Morgan fingerprint density at radius 2 is 1.85 bits per heavy atom. The quantitative estimate of drug-likeness (QED) is 0.922. The van der Waals surface area contributed by atoms with Crippen LogP contribution in [0.15, 0.2) is 53.4 Å². The van der Waals surface area contributed by atoms with Gasteiger partial charge in [-0.3, -0.25) is 0 Å². The first-order valence-electron chi connectivity index (χ1n) is 5.98. The van der Waals surface area contributed by atoms with E-state index in [0.717, 1.165) is 0 Å². The van der Waals surface area contributed by atoms with E-state index in [9.17, 15) is 12.8 Å². The lowest BCUT2D eigenvalue weighted by Gasteiger charge is -2.07. The lowest BCUT2D eigenvalue weighted by atomic mass is 10.1. The van der Waals surface area contributed by atoms with Gasteiger partial charge >= 0.3 is 0 Å². The number of hydrogen-bond acceptors (Lipinski definition) is 2. The van der Waals surface area contributed by atoms with Gasteiger partial charge in [-0.05, 0) is 36.2 Å². The molecule has 0 spiro atoms. The lowest BCUT2D eigenvalue weighted by Crippen LogP contribution is -2.26. The van der Waals surface area contributed by atoms with Crippen LogP contribution in [0, 0.1) is 5.82 Å². The van der Waals surface area contributed by atoms with Crippen LogP contribution in [0.2, 0.25) is 5.02 Å². The average molecular weight is 314 g/mol. The molecule has 0 aliphatic rings. The van der Waals surface area contributed by atoms with Crippen molar-refractivity contribution in [1.82, 2.24) is 4.72 Å². The summed E-state index contributed by atoms with van der Waals surface area (Å²) in [4.78, 5) is 0.0959. The van der Waals surface area contributed by atoms with Crippen molar-refractivity contribution in [3.8, 4) is 0 Å². The van der Waals surface area contributed by atoms with Crippen molar-refractivity contribution in [3.05, 3.63) is 64.9 Å². The molecule has 0 unspecified atom stereocenters. The van der Waals surface area contributed by atoms with Crippen molar-refractivity contribution in [2.75, 3.05) is 6.54 Å². The molecule has 0 atom stereocenters. The van der Waals surface area contributed by atoms with Gasteiger partial charge in [0.25, 0.3) is 0 Å². The third kappa shape index (κ3) is 3.79. The summed E-state index contributed by atoms with van der Waals surface area (Å²) in [6.07, 6.45) is 0.284. The van der Waals surface area contributed by atoms with Gasteiger partial charge in [-0.2, -0.15) is 0 Å². The minimum absolute atomic E-state index is 0.0959. The normalized spacial score (nSPS) is 11.5. The van der Waals surface area contributed by atoms with E-state index in [0.29, 0.717) is 10.6 Å². The van der Waals surface area contributed by atoms with Gasteiger partial charge in [-0.1, -0.05) is 35.9 Å². The van der Waals surface area contributed by atoms with Gasteiger partial charge < -0.3 is 0 Å². The molecule has 0 bridgehead atoms. The molecular formula is C14H13ClFNO2S. The van der Waals surface area contributed by atoms with Gasteiger partial charge in [0.1, 0.15) is 5.82 Å². The highest BCUT2D eigenvalue weighted by Crippen LogP contribution is 2.15. The van der Waals surface area contributed by atoms with Crippen molar-refractivity contribution < 1.29 is 12.8 Å². The Bertz CT molecular complexity index is 704. The van der Waals surface area contributed by atoms with E-state index in [1.165, 1.54) is 18.2 Å². The highest BCUT2D eigenvalue weighted by molar-refractivity contribution is 7.89. The molecule has 0 radical (unpaired) electrons. The Hall–Kier alpha value is -1.43. The van der Waals surface area contributed by atoms with Crippen LogP contribution in [0.25, 0.3) is 0 Å². The molecule has 20 heavy (non-hydrogen) atoms. The molecule has 0 saturated carbocycles. The Morgan fingerprint density at radius 1 is 1.10 bits per heavy atom. The highest BCUT2D eigenvalue weighted by atomic mass is 35.5. The molecule has 2 aromatic rings. The summed E-state index contributed by atoms with van der Waals surface area (Å²) in [7, 11) is -3.62. The molecule has 0 aromatic heterocycles. The highest BCUT2D eigenvalue weighted by Gasteiger charge is 2.13. The summed E-state index contributed by atoms with van der Waals surface area (Å²) in [6, 6.07) is 12.3. The van der Waals surface area contributed by atoms with Crippen LogP contribution in [0.1, 0.15) is 5.56 Å². The molecular weight excluding hydrogens is 301 g/mol. The molecule has 0 aliphatic carbocycles. The second-order valence-corrected chi connectivity index (χ2v) is 6.40. The summed E-state index contributed by atoms with van der Waals surface area (Å²) in [6.45, 7) is 0.121. The summed E-state index contributed by atoms with van der Waals surface area (Å²) >= 11 is 5.76. The van der Waals surface area contributed by atoms with Gasteiger partial charge in [0, 0.05) is 11.6 Å². The number of sulfonamides is 1. The van der Waals surface area contributed by atoms with Crippen LogP contribution >= 0.6 is 11.6 Å². The maximum Gasteiger partial charge on any atom is 0.240 e. The average Bonchev–Trinajstić information content (AvgIpc) is 2.41. The maximum absolute atomic E-state index is 13.4. The zero-order valence-electron chi connectivity index (χ0n) is 10.5. The van der Waals surface area contributed by atoms with E-state index in [1.807, 2.05) is 0 Å². The topological polar surface area (TPSA) is 46.2 Å². The second kappa shape index (κ2) is 6.35. The largest absolute Gasteiger partial charge is 0.240 e. The Balaban J connectivity index is 2.02. The molecule has 106 valence electrons. The van der Waals surface area contributed by atoms with Crippen LogP contribution in [-0.2, 0) is 16.4 Å². The Kier molecular flexibility index (Phi) is 4.75. The number of benzene rings is 2. The van der Waals surface area contributed by atoms with E-state index in [4.69, 9.17) is 11.6 Å². The molecule has 0 amide bonds. The van der Waals surface area contributed by atoms with Crippen LogP contribution in [0.3, 0.4) is 0 Å². The van der Waals surface area contributed by atoms with Crippen molar-refractivity contribution >= 4 is 21.6 Å². The molecule has 0 aliphatic heterocycles. The van der Waals surface area contributed by atoms with Gasteiger partial charge in [0.15, 0.2) is 0 Å². The van der Waals surface area contributed by atoms with Crippen molar-refractivity contribution in [3.63, 3.8) is 0 Å². The zero-order valence-corrected chi connectivity index (χ0v) is 12.1. The predicted molar refractivity (Wildman–Crippen MR) is 76.7 cm³/mol. The van der Waals surface area contributed by atoms with Crippen LogP contribution in [-0.4, -0.2) is 15.0 Å². The summed E-state index contributed by atoms with van der Waals surface area (Å²) in [5, 5.41) is 0.349. The van der Waals surface area contributed by atoms with Gasteiger partial charge in [0.2, 0.25) is 10.0 Å². The van der Waals surface area contributed by atoms with Gasteiger partial charge in [0.05, 0.1) is 4.90 Å². The van der Waals surface area contributed by atoms with Crippen molar-refractivity contribution in [2.45, 2.75) is 11.3 Å². The molecule has 1 N–H and O–H groups in total. The maximum atomic E-state index is 13.4. The minimum Gasteiger partial charge on any atom is -0.211 e. The third-order valence-corrected chi connectivity index (χ3v) is 4.44. The monoisotopic (exact) mass is 313 g/mol. The zero-order chi connectivity index (χ0) is 14.6. The molecule has 3 nitrogen and oxygen atoms in total. The number of hydrogen-bond donors (Lipinski definition) is 1. The molecule has 0 heterocycles. The SMILES string of the molecule is O=S(=O)(NCCc1ccccc1F)c1cccc(Cl)c1. The van der Waals surface area contributed by atoms with E-state index in [2.05, 4.69) is 4.72 Å². The van der Waals surface area contributed by atoms with Crippen LogP contribution in [0.5, 0.6) is 0 Å². The summed E-state index contributed by atoms with van der Waals surface area (Å²) in [5.74, 6) is -0.338. The molecule has 2 aromatic carbocycles. The fourth-order valence-electron chi connectivity index (χ4n) is 1.74. The summed E-state index contributed by atoms with van der Waals surface area (Å²) < 4.78 is 39.8. The van der Waals surface area contributed by atoms with Gasteiger partial charge in [-0.15, -0.1) is 0 Å². The second-order valence-electron chi connectivity index (χ2n) is 4.20. The summed E-state index contributed by atoms with van der Waals surface area (Å²) in [5.41, 5.74) is 0.473. The van der Waals surface area contributed by atoms with E-state index < -0.39 is 10.0 Å². The van der Waals surface area contributed by atoms with Crippen LogP contribution < -0.4 is 4.72 Å². The molecule has 2 rings (SSSR count). The smallest absolute Gasteiger partial charge is 0.211 e. The fourth-order valence-corrected chi connectivity index (χ4v) is 3.07. The standard InChI is InChI=1S/C14H13ClFNO2S/c15-12-5-3-6-13(10-12)20(18,19)17-9-8-11-4-1-2-7-14(11)16/h1-7,10,17H,8-9H2. The van der Waals surface area contributed by atoms with Gasteiger partial charge in [-0.25, -0.2) is 17.5 Å². The predicted octanol–water partition coefficient (Wildman–Crippen LogP) is 3.00. The number of halogens is 2. The molecule has 0 saturated heterocycles. The molecule has 0 fully saturated rings. The lowest BCUT2D eigenvalue weighted by molar-refractivity contribution is 0.577. The Labute approximate surface area is 122 Å². The van der Waals surface area contributed by atoms with Crippen LogP contribution in [0.4, 0.5) is 4.39 Å². The first kappa shape index (κ1) is 15.0. The van der Waals surface area contributed by atoms with E-state index in [1.54, 1.807) is 30.3 Å². The third-order valence-electron chi connectivity index (χ3n) is 2.75. The minimum atomic E-state index is -3.62. The number of rotatable bonds is 5. The van der Waals surface area contributed by atoms with E-state index in [-0.39, 0.29) is 23.7 Å². The first-order valence-corrected chi connectivity index (χ1v) is 7.84. The van der Waals surface area contributed by atoms with E-state index >= 15 is 0 Å². The van der Waals surface area contributed by atoms with Crippen molar-refractivity contribution in [1.29, 1.82) is 0 Å². The van der Waals surface area contributed by atoms with Crippen molar-refractivity contribution in [2.24, 2.45) is 0 Å². The first-order chi connectivity index (χ1) is 9.49. The Morgan fingerprint density at radius 3 is 2.55 bits per heavy atom. The molecule has 6 heteroatoms. The fraction of sp³-hybridized carbons (Fsp3) is 0.143. The number of nitrogens with one attached hydrogen (secondary N) is 1.